The fraction of sp³-hybridized carbons (Fsp3) is 0.600. The maximum absolute atomic E-state index is 2.52. The third-order valence-corrected chi connectivity index (χ3v) is 3.95. The van der Waals surface area contributed by atoms with Crippen molar-refractivity contribution in [3.05, 3.63) is 33.9 Å². The summed E-state index contributed by atoms with van der Waals surface area (Å²) in [6.07, 6.45) is 9.44. The smallest absolute Gasteiger partial charge is 0.0270 e. The van der Waals surface area contributed by atoms with E-state index in [4.69, 9.17) is 0 Å². The summed E-state index contributed by atoms with van der Waals surface area (Å²) < 4.78 is 0. The molecule has 1 aromatic rings. The Kier molecular flexibility index (Phi) is 2.86. The van der Waals surface area contributed by atoms with Crippen LogP contribution in [0.3, 0.4) is 0 Å². The normalized spacial score (nSPS) is 17.1. The molecule has 0 atom stereocenters. The first kappa shape index (κ1) is 10.7. The van der Waals surface area contributed by atoms with Crippen molar-refractivity contribution in [3.8, 4) is 0 Å². The molecule has 0 heterocycles. The summed E-state index contributed by atoms with van der Waals surface area (Å²) in [5, 5.41) is 0. The van der Waals surface area contributed by atoms with E-state index in [1.807, 2.05) is 0 Å². The van der Waals surface area contributed by atoms with E-state index in [0.29, 0.717) is 0 Å². The number of rotatable bonds is 1. The van der Waals surface area contributed by atoms with Gasteiger partial charge in [-0.05, 0) is 72.8 Å². The second kappa shape index (κ2) is 4.00. The van der Waals surface area contributed by atoms with E-state index in [1.54, 1.807) is 27.8 Å². The third kappa shape index (κ3) is 1.51. The highest BCUT2D eigenvalue weighted by molar-refractivity contribution is 5.50. The highest BCUT2D eigenvalue weighted by Crippen LogP contribution is 2.35. The Hall–Kier alpha value is -0.780. The summed E-state index contributed by atoms with van der Waals surface area (Å²) in [7, 11) is 0. The van der Waals surface area contributed by atoms with Gasteiger partial charge in [0.05, 0.1) is 0 Å². The lowest BCUT2D eigenvalue weighted by Gasteiger charge is -2.13. The second-order valence-electron chi connectivity index (χ2n) is 4.69. The Morgan fingerprint density at radius 1 is 0.933 bits per heavy atom. The minimum Gasteiger partial charge on any atom is -0.0776 e. The SMILES string of the molecule is C.CCc1c2c(cc3c1CCC3)CCC2. The lowest BCUT2D eigenvalue weighted by molar-refractivity contribution is 0.885. The molecule has 0 aromatic heterocycles. The molecule has 2 aliphatic carbocycles. The standard InChI is InChI=1S/C14H18.CH4/c1-2-12-13-7-3-5-10(13)9-11-6-4-8-14(11)12;/h9H,2-8H2,1H3;1H4. The van der Waals surface area contributed by atoms with Crippen molar-refractivity contribution in [1.29, 1.82) is 0 Å². The van der Waals surface area contributed by atoms with Crippen LogP contribution in [0.25, 0.3) is 0 Å². The van der Waals surface area contributed by atoms with Gasteiger partial charge < -0.3 is 0 Å². The monoisotopic (exact) mass is 202 g/mol. The van der Waals surface area contributed by atoms with E-state index in [1.165, 1.54) is 44.9 Å². The van der Waals surface area contributed by atoms with Crippen LogP contribution < -0.4 is 0 Å². The first-order valence-electron chi connectivity index (χ1n) is 6.05. The van der Waals surface area contributed by atoms with E-state index in [0.717, 1.165) is 0 Å². The third-order valence-electron chi connectivity index (χ3n) is 3.95. The van der Waals surface area contributed by atoms with Crippen LogP contribution in [0.2, 0.25) is 0 Å². The van der Waals surface area contributed by atoms with Crippen molar-refractivity contribution < 1.29 is 0 Å². The van der Waals surface area contributed by atoms with Crippen molar-refractivity contribution in [1.82, 2.24) is 0 Å². The fourth-order valence-corrected chi connectivity index (χ4v) is 3.36. The molecule has 0 fully saturated rings. The quantitative estimate of drug-likeness (QED) is 0.648. The fourth-order valence-electron chi connectivity index (χ4n) is 3.36. The van der Waals surface area contributed by atoms with Crippen molar-refractivity contribution in [2.75, 3.05) is 0 Å². The summed E-state index contributed by atoms with van der Waals surface area (Å²) in [6, 6.07) is 2.52. The van der Waals surface area contributed by atoms with Gasteiger partial charge in [0.2, 0.25) is 0 Å². The molecule has 0 amide bonds. The number of hydrogen-bond donors (Lipinski definition) is 0. The molecule has 0 nitrogen and oxygen atoms in total. The molecule has 3 rings (SSSR count). The minimum absolute atomic E-state index is 0. The first-order valence-corrected chi connectivity index (χ1v) is 6.05. The maximum atomic E-state index is 2.52. The van der Waals surface area contributed by atoms with Crippen molar-refractivity contribution in [3.63, 3.8) is 0 Å². The topological polar surface area (TPSA) is 0 Å². The summed E-state index contributed by atoms with van der Waals surface area (Å²) in [4.78, 5) is 0. The molecule has 0 bridgehead atoms. The van der Waals surface area contributed by atoms with Crippen LogP contribution >= 0.6 is 0 Å². The molecule has 0 saturated carbocycles. The molecule has 0 spiro atoms. The van der Waals surface area contributed by atoms with Gasteiger partial charge in [-0.2, -0.15) is 0 Å². The van der Waals surface area contributed by atoms with Gasteiger partial charge in [-0.25, -0.2) is 0 Å². The van der Waals surface area contributed by atoms with Crippen molar-refractivity contribution >= 4 is 0 Å². The van der Waals surface area contributed by atoms with E-state index in [9.17, 15) is 0 Å². The lowest BCUT2D eigenvalue weighted by atomic mass is 9.93. The predicted octanol–water partition coefficient (Wildman–Crippen LogP) is 3.86. The Labute approximate surface area is 93.7 Å². The van der Waals surface area contributed by atoms with Crippen LogP contribution in [0.15, 0.2) is 6.07 Å². The molecule has 82 valence electrons. The van der Waals surface area contributed by atoms with Crippen LogP contribution in [0.1, 0.15) is 55.0 Å². The van der Waals surface area contributed by atoms with Gasteiger partial charge in [-0.15, -0.1) is 0 Å². The molecular formula is C15H22. The van der Waals surface area contributed by atoms with E-state index >= 15 is 0 Å². The predicted molar refractivity (Wildman–Crippen MR) is 66.6 cm³/mol. The van der Waals surface area contributed by atoms with Crippen LogP contribution in [0.5, 0.6) is 0 Å². The van der Waals surface area contributed by atoms with E-state index in [2.05, 4.69) is 13.0 Å². The molecule has 0 radical (unpaired) electrons. The maximum Gasteiger partial charge on any atom is -0.0270 e. The average molecular weight is 202 g/mol. The molecule has 0 heteroatoms. The van der Waals surface area contributed by atoms with Crippen LogP contribution in [-0.2, 0) is 32.1 Å². The molecule has 0 unspecified atom stereocenters. The van der Waals surface area contributed by atoms with Gasteiger partial charge in [0.15, 0.2) is 0 Å². The summed E-state index contributed by atoms with van der Waals surface area (Å²) in [5.41, 5.74) is 8.55. The van der Waals surface area contributed by atoms with Crippen LogP contribution in [0.4, 0.5) is 0 Å². The first-order chi connectivity index (χ1) is 6.90. The van der Waals surface area contributed by atoms with Crippen LogP contribution in [0, 0.1) is 0 Å². The lowest BCUT2D eigenvalue weighted by Crippen LogP contribution is -1.99. The van der Waals surface area contributed by atoms with Gasteiger partial charge in [-0.3, -0.25) is 0 Å². The van der Waals surface area contributed by atoms with Gasteiger partial charge in [0.25, 0.3) is 0 Å². The largest absolute Gasteiger partial charge is 0.0776 e. The zero-order chi connectivity index (χ0) is 9.54. The molecule has 2 aliphatic rings. The van der Waals surface area contributed by atoms with Gasteiger partial charge in [-0.1, -0.05) is 20.4 Å². The zero-order valence-corrected chi connectivity index (χ0v) is 9.03. The van der Waals surface area contributed by atoms with E-state index < -0.39 is 0 Å². The molecular weight excluding hydrogens is 180 g/mol. The molecule has 0 N–H and O–H groups in total. The van der Waals surface area contributed by atoms with Crippen LogP contribution in [-0.4, -0.2) is 0 Å². The Morgan fingerprint density at radius 2 is 1.47 bits per heavy atom. The zero-order valence-electron chi connectivity index (χ0n) is 9.03. The Bertz CT molecular complexity index is 342. The molecule has 1 aromatic carbocycles. The molecule has 15 heavy (non-hydrogen) atoms. The molecule has 0 saturated heterocycles. The molecule has 0 aliphatic heterocycles. The van der Waals surface area contributed by atoms with Crippen molar-refractivity contribution in [2.45, 2.75) is 59.3 Å². The number of hydrogen-bond acceptors (Lipinski definition) is 0. The Morgan fingerprint density at radius 3 is 1.93 bits per heavy atom. The van der Waals surface area contributed by atoms with Gasteiger partial charge >= 0.3 is 0 Å². The highest BCUT2D eigenvalue weighted by atomic mass is 14.3. The summed E-state index contributed by atoms with van der Waals surface area (Å²) in [6.45, 7) is 2.33. The highest BCUT2D eigenvalue weighted by Gasteiger charge is 2.22. The van der Waals surface area contributed by atoms with Gasteiger partial charge in [0.1, 0.15) is 0 Å². The average Bonchev–Trinajstić information content (AvgIpc) is 2.80. The second-order valence-corrected chi connectivity index (χ2v) is 4.69. The number of benzene rings is 1. The number of fused-ring (bicyclic) bond motifs is 2. The summed E-state index contributed by atoms with van der Waals surface area (Å²) in [5.74, 6) is 0. The van der Waals surface area contributed by atoms with E-state index in [-0.39, 0.29) is 7.43 Å². The Balaban J connectivity index is 0.000000853. The summed E-state index contributed by atoms with van der Waals surface area (Å²) >= 11 is 0. The minimum atomic E-state index is 0. The van der Waals surface area contributed by atoms with Gasteiger partial charge in [0, 0.05) is 0 Å². The van der Waals surface area contributed by atoms with Crippen molar-refractivity contribution in [2.24, 2.45) is 0 Å². The number of aryl methyl sites for hydroxylation is 2.